The standard InChI is InChI=1S/C20H20N4O3/c1-13-4-6-14(7-5-13)24-20(25)16-11-22-19(12-21-16)23-15-8-9-17(26-2)18(10-15)27-3/h4-12H,1-3H3,(H,22,23)(H,24,25). The quantitative estimate of drug-likeness (QED) is 0.692. The number of aryl methyl sites for hydroxylation is 1. The summed E-state index contributed by atoms with van der Waals surface area (Å²) in [5.74, 6) is 1.43. The van der Waals surface area contributed by atoms with E-state index >= 15 is 0 Å². The van der Waals surface area contributed by atoms with Gasteiger partial charge < -0.3 is 20.1 Å². The normalized spacial score (nSPS) is 10.2. The topological polar surface area (TPSA) is 85.4 Å². The Labute approximate surface area is 157 Å². The van der Waals surface area contributed by atoms with Crippen molar-refractivity contribution in [3.05, 3.63) is 66.1 Å². The van der Waals surface area contributed by atoms with Gasteiger partial charge in [-0.1, -0.05) is 17.7 Å². The third-order valence-corrected chi connectivity index (χ3v) is 3.85. The van der Waals surface area contributed by atoms with Crippen LogP contribution in [0.25, 0.3) is 0 Å². The summed E-state index contributed by atoms with van der Waals surface area (Å²) < 4.78 is 10.5. The van der Waals surface area contributed by atoms with Gasteiger partial charge >= 0.3 is 0 Å². The zero-order chi connectivity index (χ0) is 19.2. The lowest BCUT2D eigenvalue weighted by Crippen LogP contribution is -2.14. The van der Waals surface area contributed by atoms with E-state index in [-0.39, 0.29) is 11.6 Å². The van der Waals surface area contributed by atoms with Gasteiger partial charge in [-0.15, -0.1) is 0 Å². The first-order valence-corrected chi connectivity index (χ1v) is 8.28. The van der Waals surface area contributed by atoms with E-state index in [9.17, 15) is 4.79 Å². The van der Waals surface area contributed by atoms with Crippen LogP contribution in [0, 0.1) is 6.92 Å². The van der Waals surface area contributed by atoms with Crippen LogP contribution < -0.4 is 20.1 Å². The maximum atomic E-state index is 12.3. The van der Waals surface area contributed by atoms with Gasteiger partial charge in [-0.3, -0.25) is 4.79 Å². The van der Waals surface area contributed by atoms with E-state index in [0.717, 1.165) is 11.3 Å². The SMILES string of the molecule is COc1ccc(Nc2cnc(C(=O)Nc3ccc(C)cc3)cn2)cc1OC. The smallest absolute Gasteiger partial charge is 0.275 e. The first kappa shape index (κ1) is 18.2. The molecule has 0 fully saturated rings. The number of hydrogen-bond acceptors (Lipinski definition) is 6. The number of nitrogens with one attached hydrogen (secondary N) is 2. The zero-order valence-electron chi connectivity index (χ0n) is 15.3. The van der Waals surface area contributed by atoms with E-state index in [1.54, 1.807) is 26.4 Å². The average Bonchev–Trinajstić information content (AvgIpc) is 2.70. The molecule has 0 spiro atoms. The maximum absolute atomic E-state index is 12.3. The molecule has 1 aromatic heterocycles. The van der Waals surface area contributed by atoms with Gasteiger partial charge in [0.25, 0.3) is 5.91 Å². The molecule has 7 heteroatoms. The van der Waals surface area contributed by atoms with Gasteiger partial charge in [0.1, 0.15) is 11.5 Å². The first-order valence-electron chi connectivity index (χ1n) is 8.28. The Morgan fingerprint density at radius 1 is 0.889 bits per heavy atom. The van der Waals surface area contributed by atoms with Crippen LogP contribution in [-0.4, -0.2) is 30.1 Å². The fourth-order valence-electron chi connectivity index (χ4n) is 2.40. The highest BCUT2D eigenvalue weighted by molar-refractivity contribution is 6.02. The van der Waals surface area contributed by atoms with Crippen LogP contribution in [0.5, 0.6) is 11.5 Å². The number of benzene rings is 2. The second kappa shape index (κ2) is 8.18. The van der Waals surface area contributed by atoms with Crippen LogP contribution in [0.3, 0.4) is 0 Å². The van der Waals surface area contributed by atoms with Crippen molar-refractivity contribution in [3.63, 3.8) is 0 Å². The van der Waals surface area contributed by atoms with Crippen LogP contribution in [0.2, 0.25) is 0 Å². The van der Waals surface area contributed by atoms with E-state index in [1.807, 2.05) is 37.3 Å². The lowest BCUT2D eigenvalue weighted by atomic mass is 10.2. The highest BCUT2D eigenvalue weighted by Crippen LogP contribution is 2.30. The van der Waals surface area contributed by atoms with Crippen molar-refractivity contribution in [2.24, 2.45) is 0 Å². The lowest BCUT2D eigenvalue weighted by Gasteiger charge is -2.11. The minimum atomic E-state index is -0.316. The molecular weight excluding hydrogens is 344 g/mol. The monoisotopic (exact) mass is 364 g/mol. The van der Waals surface area contributed by atoms with Crippen molar-refractivity contribution in [2.75, 3.05) is 24.9 Å². The van der Waals surface area contributed by atoms with E-state index in [0.29, 0.717) is 23.0 Å². The molecule has 0 aliphatic heterocycles. The minimum absolute atomic E-state index is 0.230. The van der Waals surface area contributed by atoms with Gasteiger partial charge in [0.2, 0.25) is 0 Å². The number of methoxy groups -OCH3 is 2. The summed E-state index contributed by atoms with van der Waals surface area (Å²) in [5.41, 5.74) is 2.82. The lowest BCUT2D eigenvalue weighted by molar-refractivity contribution is 0.102. The third-order valence-electron chi connectivity index (χ3n) is 3.85. The van der Waals surface area contributed by atoms with Gasteiger partial charge in [0.05, 0.1) is 26.6 Å². The predicted molar refractivity (Wildman–Crippen MR) is 104 cm³/mol. The molecule has 0 saturated heterocycles. The summed E-state index contributed by atoms with van der Waals surface area (Å²) >= 11 is 0. The predicted octanol–water partition coefficient (Wildman–Crippen LogP) is 3.80. The third kappa shape index (κ3) is 4.52. The second-order valence-electron chi connectivity index (χ2n) is 5.80. The molecule has 2 N–H and O–H groups in total. The van der Waals surface area contributed by atoms with Gasteiger partial charge in [0, 0.05) is 17.4 Å². The van der Waals surface area contributed by atoms with Gasteiger partial charge in [-0.2, -0.15) is 0 Å². The second-order valence-corrected chi connectivity index (χ2v) is 5.80. The maximum Gasteiger partial charge on any atom is 0.275 e. The number of aromatic nitrogens is 2. The highest BCUT2D eigenvalue weighted by Gasteiger charge is 2.09. The van der Waals surface area contributed by atoms with Gasteiger partial charge in [-0.25, -0.2) is 9.97 Å². The number of hydrogen-bond donors (Lipinski definition) is 2. The van der Waals surface area contributed by atoms with Crippen molar-refractivity contribution in [1.82, 2.24) is 9.97 Å². The number of amides is 1. The number of ether oxygens (including phenoxy) is 2. The number of rotatable bonds is 6. The van der Waals surface area contributed by atoms with Crippen molar-refractivity contribution < 1.29 is 14.3 Å². The van der Waals surface area contributed by atoms with Crippen LogP contribution in [0.15, 0.2) is 54.9 Å². The Bertz CT molecular complexity index is 925. The fourth-order valence-corrected chi connectivity index (χ4v) is 2.40. The summed E-state index contributed by atoms with van der Waals surface area (Å²) in [5, 5.41) is 5.90. The number of anilines is 3. The molecule has 1 amide bonds. The minimum Gasteiger partial charge on any atom is -0.493 e. The van der Waals surface area contributed by atoms with Gasteiger partial charge in [0.15, 0.2) is 11.5 Å². The van der Waals surface area contributed by atoms with Crippen LogP contribution >= 0.6 is 0 Å². The largest absolute Gasteiger partial charge is 0.493 e. The Morgan fingerprint density at radius 3 is 2.22 bits per heavy atom. The summed E-state index contributed by atoms with van der Waals surface area (Å²) in [6.45, 7) is 1.99. The van der Waals surface area contributed by atoms with Crippen LogP contribution in [0.1, 0.15) is 16.1 Å². The van der Waals surface area contributed by atoms with E-state index < -0.39 is 0 Å². The Hall–Kier alpha value is -3.61. The molecular formula is C20H20N4O3. The van der Waals surface area contributed by atoms with Crippen molar-refractivity contribution in [2.45, 2.75) is 6.92 Å². The molecule has 7 nitrogen and oxygen atoms in total. The molecule has 138 valence electrons. The van der Waals surface area contributed by atoms with Crippen molar-refractivity contribution in [3.8, 4) is 11.5 Å². The summed E-state index contributed by atoms with van der Waals surface area (Å²) in [4.78, 5) is 20.7. The first-order chi connectivity index (χ1) is 13.1. The number of carbonyl (C=O) groups is 1. The zero-order valence-corrected chi connectivity index (χ0v) is 15.3. The average molecular weight is 364 g/mol. The molecule has 0 aliphatic rings. The summed E-state index contributed by atoms with van der Waals surface area (Å²) in [6.07, 6.45) is 2.92. The Balaban J connectivity index is 1.68. The highest BCUT2D eigenvalue weighted by atomic mass is 16.5. The van der Waals surface area contributed by atoms with E-state index in [2.05, 4.69) is 20.6 Å². The number of carbonyl (C=O) groups excluding carboxylic acids is 1. The van der Waals surface area contributed by atoms with Gasteiger partial charge in [-0.05, 0) is 31.2 Å². The molecule has 1 heterocycles. The van der Waals surface area contributed by atoms with E-state index in [1.165, 1.54) is 12.4 Å². The molecule has 0 aliphatic carbocycles. The van der Waals surface area contributed by atoms with Crippen LogP contribution in [0.4, 0.5) is 17.2 Å². The van der Waals surface area contributed by atoms with Crippen molar-refractivity contribution in [1.29, 1.82) is 0 Å². The van der Waals surface area contributed by atoms with Crippen LogP contribution in [-0.2, 0) is 0 Å². The van der Waals surface area contributed by atoms with E-state index in [4.69, 9.17) is 9.47 Å². The summed E-state index contributed by atoms with van der Waals surface area (Å²) in [6, 6.07) is 13.0. The molecule has 27 heavy (non-hydrogen) atoms. The molecule has 2 aromatic carbocycles. The fraction of sp³-hybridized carbons (Fsp3) is 0.150. The number of nitrogens with zero attached hydrogens (tertiary/aromatic N) is 2. The van der Waals surface area contributed by atoms with Crippen molar-refractivity contribution >= 4 is 23.1 Å². The molecule has 3 rings (SSSR count). The Kier molecular flexibility index (Phi) is 5.51. The molecule has 0 bridgehead atoms. The Morgan fingerprint density at radius 2 is 1.59 bits per heavy atom. The summed E-state index contributed by atoms with van der Waals surface area (Å²) in [7, 11) is 3.15. The molecule has 0 unspecified atom stereocenters. The molecule has 3 aromatic rings. The molecule has 0 atom stereocenters. The molecule has 0 saturated carbocycles. The molecule has 0 radical (unpaired) electrons.